The zero-order chi connectivity index (χ0) is 23.4. The zero-order valence-corrected chi connectivity index (χ0v) is 18.5. The summed E-state index contributed by atoms with van der Waals surface area (Å²) < 4.78 is 12.0. The van der Waals surface area contributed by atoms with Gasteiger partial charge in [-0.25, -0.2) is 13.9 Å². The number of rotatable bonds is 5. The molecule has 0 aliphatic rings. The van der Waals surface area contributed by atoms with Crippen LogP contribution in [-0.4, -0.2) is 12.0 Å². The Hall–Kier alpha value is -4.22. The van der Waals surface area contributed by atoms with Gasteiger partial charge in [0.2, 0.25) is 5.76 Å². The van der Waals surface area contributed by atoms with Gasteiger partial charge in [-0.15, -0.1) is 0 Å². The van der Waals surface area contributed by atoms with E-state index in [9.17, 15) is 9.59 Å². The average molecular weight is 458 g/mol. The van der Waals surface area contributed by atoms with Crippen LogP contribution >= 0.6 is 12.8 Å². The molecular formula is C25H19N3O4S. The monoisotopic (exact) mass is 457 g/mol. The molecule has 7 nitrogen and oxygen atoms in total. The van der Waals surface area contributed by atoms with Gasteiger partial charge in [0.1, 0.15) is 11.3 Å². The third-order valence-electron chi connectivity index (χ3n) is 4.99. The van der Waals surface area contributed by atoms with Crippen LogP contribution in [0.15, 0.2) is 83.3 Å². The van der Waals surface area contributed by atoms with Gasteiger partial charge < -0.3 is 14.5 Å². The molecule has 0 saturated heterocycles. The second-order valence-electron chi connectivity index (χ2n) is 7.25. The maximum Gasteiger partial charge on any atom is 0.379 e. The Morgan fingerprint density at radius 2 is 1.76 bits per heavy atom. The molecule has 0 aliphatic heterocycles. The van der Waals surface area contributed by atoms with E-state index >= 15 is 0 Å². The first-order valence-electron chi connectivity index (χ1n) is 10.0. The molecule has 1 heterocycles. The first-order chi connectivity index (χ1) is 15.9. The van der Waals surface area contributed by atoms with Crippen molar-refractivity contribution in [1.29, 1.82) is 5.26 Å². The smallest absolute Gasteiger partial charge is 0.379 e. The summed E-state index contributed by atoms with van der Waals surface area (Å²) >= 11 is 4.28. The largest absolute Gasteiger partial charge is 0.449 e. The summed E-state index contributed by atoms with van der Waals surface area (Å²) in [5.74, 6) is -0.208. The van der Waals surface area contributed by atoms with Crippen LogP contribution < -0.4 is 14.4 Å². The lowest BCUT2D eigenvalue weighted by Crippen LogP contribution is -2.35. The van der Waals surface area contributed by atoms with Crippen molar-refractivity contribution in [1.82, 2.24) is 5.32 Å². The SMILES string of the molecule is CC(NC(=O)N(S)c1ccc(OC(=O)c2cc3ccccc3o2)cc1)c1ccc(C#N)cc1. The van der Waals surface area contributed by atoms with Crippen LogP contribution in [0.4, 0.5) is 10.5 Å². The molecule has 4 aromatic rings. The van der Waals surface area contributed by atoms with Gasteiger partial charge in [0, 0.05) is 5.39 Å². The molecule has 0 fully saturated rings. The summed E-state index contributed by atoms with van der Waals surface area (Å²) in [4.78, 5) is 25.0. The zero-order valence-electron chi connectivity index (χ0n) is 17.6. The Morgan fingerprint density at radius 3 is 2.42 bits per heavy atom. The van der Waals surface area contributed by atoms with E-state index in [1.165, 1.54) is 0 Å². The fraction of sp³-hybridized carbons (Fsp3) is 0.0800. The number of nitriles is 1. The lowest BCUT2D eigenvalue weighted by atomic mass is 10.1. The summed E-state index contributed by atoms with van der Waals surface area (Å²) in [6, 6.07) is 23.6. The molecule has 2 amide bonds. The van der Waals surface area contributed by atoms with Crippen LogP contribution in [0.3, 0.4) is 0 Å². The first kappa shape index (κ1) is 22.0. The molecule has 1 aromatic heterocycles. The molecule has 1 atom stereocenters. The lowest BCUT2D eigenvalue weighted by molar-refractivity contribution is 0.0704. The lowest BCUT2D eigenvalue weighted by Gasteiger charge is -2.20. The highest BCUT2D eigenvalue weighted by Gasteiger charge is 2.17. The molecule has 1 unspecified atom stereocenters. The molecule has 33 heavy (non-hydrogen) atoms. The van der Waals surface area contributed by atoms with Crippen molar-refractivity contribution in [3.63, 3.8) is 0 Å². The highest BCUT2D eigenvalue weighted by Crippen LogP contribution is 2.24. The summed E-state index contributed by atoms with van der Waals surface area (Å²) in [5.41, 5.74) is 2.50. The van der Waals surface area contributed by atoms with Crippen LogP contribution in [-0.2, 0) is 0 Å². The van der Waals surface area contributed by atoms with Crippen LogP contribution in [0, 0.1) is 11.3 Å². The van der Waals surface area contributed by atoms with Crippen LogP contribution in [0.2, 0.25) is 0 Å². The van der Waals surface area contributed by atoms with Crippen molar-refractivity contribution in [2.75, 3.05) is 4.31 Å². The number of anilines is 1. The Labute approximate surface area is 195 Å². The van der Waals surface area contributed by atoms with Crippen molar-refractivity contribution >= 4 is 41.5 Å². The van der Waals surface area contributed by atoms with Gasteiger partial charge in [-0.1, -0.05) is 43.1 Å². The van der Waals surface area contributed by atoms with Crippen molar-refractivity contribution in [2.45, 2.75) is 13.0 Å². The van der Waals surface area contributed by atoms with Crippen molar-refractivity contribution in [2.24, 2.45) is 0 Å². The molecule has 1 N–H and O–H groups in total. The highest BCUT2D eigenvalue weighted by atomic mass is 32.1. The summed E-state index contributed by atoms with van der Waals surface area (Å²) in [6.45, 7) is 1.83. The fourth-order valence-electron chi connectivity index (χ4n) is 3.19. The molecule has 0 radical (unpaired) electrons. The Morgan fingerprint density at radius 1 is 1.06 bits per heavy atom. The number of thiol groups is 1. The molecule has 4 rings (SSSR count). The van der Waals surface area contributed by atoms with Gasteiger partial charge in [-0.3, -0.25) is 0 Å². The fourth-order valence-corrected chi connectivity index (χ4v) is 3.38. The number of furan rings is 1. The second kappa shape index (κ2) is 9.51. The van der Waals surface area contributed by atoms with Crippen molar-refractivity contribution < 1.29 is 18.7 Å². The Balaban J connectivity index is 1.37. The molecule has 3 aromatic carbocycles. The third-order valence-corrected chi connectivity index (χ3v) is 5.40. The van der Waals surface area contributed by atoms with Crippen molar-refractivity contribution in [3.8, 4) is 11.8 Å². The minimum Gasteiger partial charge on any atom is -0.449 e. The number of carbonyl (C=O) groups is 2. The first-order valence-corrected chi connectivity index (χ1v) is 10.4. The number of ether oxygens (including phenoxy) is 1. The van der Waals surface area contributed by atoms with Gasteiger partial charge in [0.15, 0.2) is 0 Å². The number of fused-ring (bicyclic) bond motifs is 1. The number of urea groups is 1. The quantitative estimate of drug-likeness (QED) is 0.230. The van der Waals surface area contributed by atoms with Gasteiger partial charge in [-0.2, -0.15) is 5.26 Å². The average Bonchev–Trinajstić information content (AvgIpc) is 3.28. The number of nitrogens with zero attached hydrogens (tertiary/aromatic N) is 2. The van der Waals surface area contributed by atoms with Gasteiger partial charge >= 0.3 is 12.0 Å². The number of hydrogen-bond acceptors (Lipinski definition) is 6. The van der Waals surface area contributed by atoms with E-state index in [0.717, 1.165) is 15.3 Å². The molecule has 0 bridgehead atoms. The second-order valence-corrected chi connectivity index (χ2v) is 7.65. The maximum atomic E-state index is 12.6. The van der Waals surface area contributed by atoms with E-state index in [1.54, 1.807) is 60.7 Å². The predicted molar refractivity (Wildman–Crippen MR) is 127 cm³/mol. The van der Waals surface area contributed by atoms with E-state index in [-0.39, 0.29) is 11.8 Å². The number of nitrogens with one attached hydrogen (secondary N) is 1. The van der Waals surface area contributed by atoms with Crippen LogP contribution in [0.25, 0.3) is 11.0 Å². The van der Waals surface area contributed by atoms with E-state index in [1.807, 2.05) is 25.1 Å². The molecule has 164 valence electrons. The Bertz CT molecular complexity index is 1310. The summed E-state index contributed by atoms with van der Waals surface area (Å²) in [7, 11) is 0. The normalized spacial score (nSPS) is 11.4. The van der Waals surface area contributed by atoms with E-state index in [4.69, 9.17) is 14.4 Å². The van der Waals surface area contributed by atoms with Crippen LogP contribution in [0.5, 0.6) is 5.75 Å². The van der Waals surface area contributed by atoms with Gasteiger partial charge in [-0.05, 0) is 61.0 Å². The number of esters is 1. The number of para-hydroxylation sites is 1. The molecule has 8 heteroatoms. The van der Waals surface area contributed by atoms with E-state index < -0.39 is 12.0 Å². The van der Waals surface area contributed by atoms with Gasteiger partial charge in [0.25, 0.3) is 0 Å². The third kappa shape index (κ3) is 5.00. The topological polar surface area (TPSA) is 95.6 Å². The predicted octanol–water partition coefficient (Wildman–Crippen LogP) is 5.65. The molecule has 0 spiro atoms. The summed E-state index contributed by atoms with van der Waals surface area (Å²) in [5, 5.41) is 12.6. The number of benzene rings is 3. The summed E-state index contributed by atoms with van der Waals surface area (Å²) in [6.07, 6.45) is 0. The minimum atomic E-state index is -0.615. The number of hydrogen-bond donors (Lipinski definition) is 2. The number of carbonyl (C=O) groups excluding carboxylic acids is 2. The minimum absolute atomic E-state index is 0.104. The van der Waals surface area contributed by atoms with E-state index in [2.05, 4.69) is 24.2 Å². The standard InChI is InChI=1S/C25H19N3O4S/c1-16(18-8-6-17(15-26)7-9-18)27-25(30)28(33)20-10-12-21(13-11-20)31-24(29)23-14-19-4-2-3-5-22(19)32-23/h2-14,16,33H,1H3,(H,27,30). The molecule has 0 saturated carbocycles. The molecule has 0 aliphatic carbocycles. The van der Waals surface area contributed by atoms with Crippen LogP contribution in [0.1, 0.15) is 34.6 Å². The van der Waals surface area contributed by atoms with E-state index in [0.29, 0.717) is 22.6 Å². The van der Waals surface area contributed by atoms with Gasteiger partial charge in [0.05, 0.1) is 23.4 Å². The highest BCUT2D eigenvalue weighted by molar-refractivity contribution is 7.82. The number of amides is 2. The molecular weight excluding hydrogens is 438 g/mol. The maximum absolute atomic E-state index is 12.6. The van der Waals surface area contributed by atoms with Crippen molar-refractivity contribution in [3.05, 3.63) is 95.7 Å². The Kier molecular flexibility index (Phi) is 6.33.